The number of esters is 2. The van der Waals surface area contributed by atoms with E-state index in [0.717, 1.165) is 24.4 Å². The number of hydrogen-bond acceptors (Lipinski definition) is 4. The van der Waals surface area contributed by atoms with Crippen LogP contribution in [0.2, 0.25) is 6.04 Å². The Morgan fingerprint density at radius 3 is 2.65 bits per heavy atom. The van der Waals surface area contributed by atoms with Crippen molar-refractivity contribution in [3.05, 3.63) is 34.9 Å². The molecule has 0 saturated heterocycles. The van der Waals surface area contributed by atoms with Crippen LogP contribution in [0.5, 0.6) is 0 Å². The number of hydrogen-bond donors (Lipinski definition) is 0. The second kappa shape index (κ2) is 5.89. The molecule has 106 valence electrons. The van der Waals surface area contributed by atoms with Gasteiger partial charge in [0.1, 0.15) is 0 Å². The van der Waals surface area contributed by atoms with Crippen molar-refractivity contribution < 1.29 is 18.8 Å². The molecule has 0 amide bonds. The van der Waals surface area contributed by atoms with E-state index < -0.39 is 11.9 Å². The Kier molecular flexibility index (Phi) is 4.40. The third-order valence-corrected chi connectivity index (χ3v) is 4.18. The van der Waals surface area contributed by atoms with Crippen LogP contribution >= 0.6 is 0 Å². The molecule has 4 nitrogen and oxygen atoms in total. The van der Waals surface area contributed by atoms with Crippen LogP contribution in [0.4, 0.5) is 0 Å². The topological polar surface area (TPSA) is 52.6 Å². The zero-order chi connectivity index (χ0) is 14.8. The molecule has 0 atom stereocenters. The number of carbonyl (C=O) groups is 2. The fourth-order valence-electron chi connectivity index (χ4n) is 2.03. The Hall–Kier alpha value is -1.46. The van der Waals surface area contributed by atoms with E-state index in [-0.39, 0.29) is 5.60 Å². The van der Waals surface area contributed by atoms with Crippen molar-refractivity contribution in [3.8, 4) is 0 Å². The fraction of sp³-hybridized carbons (Fsp3) is 0.467. The summed E-state index contributed by atoms with van der Waals surface area (Å²) in [5.74, 6) is -1.06. The maximum atomic E-state index is 11.7. The van der Waals surface area contributed by atoms with Crippen LogP contribution in [-0.4, -0.2) is 27.3 Å². The number of cyclic esters (lactones) is 2. The van der Waals surface area contributed by atoms with Gasteiger partial charge < -0.3 is 9.16 Å². The zero-order valence-electron chi connectivity index (χ0n) is 12.0. The minimum atomic E-state index is -0.537. The van der Waals surface area contributed by atoms with Gasteiger partial charge in [0.2, 0.25) is 9.76 Å². The third kappa shape index (κ3) is 3.55. The molecule has 0 saturated carbocycles. The lowest BCUT2D eigenvalue weighted by molar-refractivity contribution is 0.0443. The van der Waals surface area contributed by atoms with Crippen molar-refractivity contribution in [2.45, 2.75) is 45.3 Å². The lowest BCUT2D eigenvalue weighted by atomic mass is 9.99. The number of carbonyl (C=O) groups excluding carboxylic acids is 2. The highest BCUT2D eigenvalue weighted by Crippen LogP contribution is 2.24. The summed E-state index contributed by atoms with van der Waals surface area (Å²) in [6.07, 6.45) is 1.68. The predicted molar refractivity (Wildman–Crippen MR) is 75.9 cm³/mol. The molecule has 2 rings (SSSR count). The van der Waals surface area contributed by atoms with Gasteiger partial charge in [0.25, 0.3) is 0 Å². The van der Waals surface area contributed by atoms with Crippen LogP contribution in [0.25, 0.3) is 0 Å². The van der Waals surface area contributed by atoms with Gasteiger partial charge in [0.15, 0.2) is 0 Å². The predicted octanol–water partition coefficient (Wildman–Crippen LogP) is 2.78. The second-order valence-electron chi connectivity index (χ2n) is 5.73. The van der Waals surface area contributed by atoms with Crippen molar-refractivity contribution in [2.24, 2.45) is 0 Å². The molecule has 1 aromatic rings. The Morgan fingerprint density at radius 1 is 1.20 bits per heavy atom. The lowest BCUT2D eigenvalue weighted by Gasteiger charge is -2.19. The largest absolute Gasteiger partial charge is 0.413 e. The van der Waals surface area contributed by atoms with E-state index in [0.29, 0.717) is 20.9 Å². The molecule has 0 aliphatic carbocycles. The smallest absolute Gasteiger partial charge is 0.347 e. The number of rotatable bonds is 5. The average Bonchev–Trinajstić information content (AvgIpc) is 2.64. The van der Waals surface area contributed by atoms with Crippen LogP contribution < -0.4 is 0 Å². The molecule has 0 N–H and O–H groups in total. The highest BCUT2D eigenvalue weighted by Gasteiger charge is 2.31. The molecule has 0 spiro atoms. The van der Waals surface area contributed by atoms with Crippen LogP contribution in [-0.2, 0) is 15.6 Å². The number of benzene rings is 1. The Balaban J connectivity index is 1.92. The number of fused-ring (bicyclic) bond motifs is 1. The van der Waals surface area contributed by atoms with E-state index in [4.69, 9.17) is 4.43 Å². The molecular formula is C15H18O4Si. The first-order valence-electron chi connectivity index (χ1n) is 6.68. The minimum Gasteiger partial charge on any atom is -0.413 e. The molecule has 0 bridgehead atoms. The first-order valence-corrected chi connectivity index (χ1v) is 7.79. The van der Waals surface area contributed by atoms with Gasteiger partial charge in [-0.05, 0) is 51.3 Å². The van der Waals surface area contributed by atoms with Gasteiger partial charge in [-0.2, -0.15) is 0 Å². The van der Waals surface area contributed by atoms with Crippen molar-refractivity contribution in [1.29, 1.82) is 0 Å². The molecular weight excluding hydrogens is 272 g/mol. The van der Waals surface area contributed by atoms with Crippen LogP contribution in [0.3, 0.4) is 0 Å². The van der Waals surface area contributed by atoms with E-state index in [1.807, 2.05) is 26.8 Å². The molecule has 1 heterocycles. The van der Waals surface area contributed by atoms with Gasteiger partial charge in [-0.3, -0.25) is 0 Å². The number of ether oxygens (including phenoxy) is 1. The summed E-state index contributed by atoms with van der Waals surface area (Å²) in [5, 5.41) is 0. The van der Waals surface area contributed by atoms with E-state index >= 15 is 0 Å². The molecule has 0 fully saturated rings. The van der Waals surface area contributed by atoms with Crippen molar-refractivity contribution in [1.82, 2.24) is 0 Å². The molecule has 1 aliphatic heterocycles. The van der Waals surface area contributed by atoms with E-state index in [2.05, 4.69) is 4.74 Å². The number of aryl methyl sites for hydroxylation is 1. The summed E-state index contributed by atoms with van der Waals surface area (Å²) in [5.41, 5.74) is 1.61. The van der Waals surface area contributed by atoms with Crippen LogP contribution in [0.1, 0.15) is 53.5 Å². The molecule has 0 aromatic heterocycles. The summed E-state index contributed by atoms with van der Waals surface area (Å²) in [7, 11) is 0.451. The van der Waals surface area contributed by atoms with E-state index in [1.165, 1.54) is 0 Å². The SMILES string of the molecule is CC(C)(C)O[Si]CCCc1cccc2c1C(=O)OC2=O. The normalized spacial score (nSPS) is 14.3. The molecule has 1 aromatic carbocycles. The van der Waals surface area contributed by atoms with Crippen molar-refractivity contribution in [2.75, 3.05) is 0 Å². The van der Waals surface area contributed by atoms with Crippen LogP contribution in [0, 0.1) is 0 Å². The third-order valence-electron chi connectivity index (χ3n) is 2.86. The van der Waals surface area contributed by atoms with Gasteiger partial charge in [-0.15, -0.1) is 0 Å². The Bertz CT molecular complexity index is 531. The molecule has 1 aliphatic rings. The molecule has 5 heteroatoms. The van der Waals surface area contributed by atoms with Gasteiger partial charge in [0, 0.05) is 5.60 Å². The summed E-state index contributed by atoms with van der Waals surface area (Å²) in [6, 6.07) is 6.26. The quantitative estimate of drug-likeness (QED) is 0.362. The van der Waals surface area contributed by atoms with Crippen molar-refractivity contribution >= 4 is 21.7 Å². The second-order valence-corrected chi connectivity index (χ2v) is 6.72. The lowest BCUT2D eigenvalue weighted by Crippen LogP contribution is -2.21. The van der Waals surface area contributed by atoms with E-state index in [9.17, 15) is 9.59 Å². The summed E-state index contributed by atoms with van der Waals surface area (Å²) in [4.78, 5) is 23.1. The minimum absolute atomic E-state index is 0.108. The maximum Gasteiger partial charge on any atom is 0.347 e. The van der Waals surface area contributed by atoms with Gasteiger partial charge >= 0.3 is 11.9 Å². The first kappa shape index (κ1) is 14.9. The Morgan fingerprint density at radius 2 is 1.95 bits per heavy atom. The standard InChI is InChI=1S/C15H18O4Si/c1-15(2,3)19-20-9-5-7-10-6-4-8-11-12(10)14(17)18-13(11)16/h4,6,8H,5,7,9H2,1-3H3. The van der Waals surface area contributed by atoms with Gasteiger partial charge in [-0.1, -0.05) is 12.1 Å². The van der Waals surface area contributed by atoms with Crippen molar-refractivity contribution in [3.63, 3.8) is 0 Å². The Labute approximate surface area is 121 Å². The molecule has 2 radical (unpaired) electrons. The molecule has 20 heavy (non-hydrogen) atoms. The highest BCUT2D eigenvalue weighted by molar-refractivity contribution is 6.27. The first-order chi connectivity index (χ1) is 9.38. The van der Waals surface area contributed by atoms with Crippen LogP contribution in [0.15, 0.2) is 18.2 Å². The fourth-order valence-corrected chi connectivity index (χ4v) is 2.88. The maximum absolute atomic E-state index is 11.7. The summed E-state index contributed by atoms with van der Waals surface area (Å²) in [6.45, 7) is 6.10. The van der Waals surface area contributed by atoms with Gasteiger partial charge in [-0.25, -0.2) is 9.59 Å². The van der Waals surface area contributed by atoms with Gasteiger partial charge in [0.05, 0.1) is 11.1 Å². The highest BCUT2D eigenvalue weighted by atomic mass is 28.2. The molecule has 0 unspecified atom stereocenters. The summed E-state index contributed by atoms with van der Waals surface area (Å²) < 4.78 is 10.3. The average molecular weight is 290 g/mol. The monoisotopic (exact) mass is 290 g/mol. The zero-order valence-corrected chi connectivity index (χ0v) is 13.0. The summed E-state index contributed by atoms with van der Waals surface area (Å²) >= 11 is 0. The van der Waals surface area contributed by atoms with E-state index in [1.54, 1.807) is 12.1 Å².